The van der Waals surface area contributed by atoms with E-state index < -0.39 is 17.5 Å². The molecule has 0 aliphatic rings. The van der Waals surface area contributed by atoms with Crippen LogP contribution in [0.3, 0.4) is 0 Å². The fourth-order valence-electron chi connectivity index (χ4n) is 1.93. The number of alkyl halides is 3. The Morgan fingerprint density at radius 3 is 2.47 bits per heavy atom. The maximum atomic E-state index is 12.6. The van der Waals surface area contributed by atoms with Crippen molar-refractivity contribution in [2.24, 2.45) is 0 Å². The van der Waals surface area contributed by atoms with E-state index in [0.29, 0.717) is 12.1 Å². The average Bonchev–Trinajstić information content (AvgIpc) is 2.30. The predicted octanol–water partition coefficient (Wildman–Crippen LogP) is 4.03. The van der Waals surface area contributed by atoms with Crippen LogP contribution < -0.4 is 0 Å². The second kappa shape index (κ2) is 6.80. The van der Waals surface area contributed by atoms with Crippen LogP contribution in [0.25, 0.3) is 0 Å². The molecule has 0 bridgehead atoms. The van der Waals surface area contributed by atoms with Gasteiger partial charge in [-0.2, -0.15) is 13.2 Å². The van der Waals surface area contributed by atoms with E-state index in [2.05, 4.69) is 6.92 Å². The molecule has 5 heteroatoms. The third kappa shape index (κ3) is 5.11. The largest absolute Gasteiger partial charge is 0.507 e. The molecule has 0 saturated carbocycles. The molecule has 0 aliphatic heterocycles. The lowest BCUT2D eigenvalue weighted by Crippen LogP contribution is -2.19. The summed E-state index contributed by atoms with van der Waals surface area (Å²) in [5.41, 5.74) is -0.406. The SMILES string of the molecule is CCCCCN(C)Cc1ccc(O)c(C(F)(F)F)c1. The molecule has 1 rings (SSSR count). The zero-order valence-corrected chi connectivity index (χ0v) is 11.3. The molecule has 1 aromatic carbocycles. The number of benzene rings is 1. The van der Waals surface area contributed by atoms with Gasteiger partial charge in [0, 0.05) is 6.54 Å². The normalized spacial score (nSPS) is 12.1. The lowest BCUT2D eigenvalue weighted by atomic mass is 10.1. The number of rotatable bonds is 6. The van der Waals surface area contributed by atoms with E-state index in [1.54, 1.807) is 0 Å². The van der Waals surface area contributed by atoms with E-state index in [-0.39, 0.29) is 0 Å². The molecule has 0 saturated heterocycles. The highest BCUT2D eigenvalue weighted by Gasteiger charge is 2.33. The van der Waals surface area contributed by atoms with Gasteiger partial charge in [0.1, 0.15) is 5.75 Å². The van der Waals surface area contributed by atoms with Gasteiger partial charge in [-0.3, -0.25) is 0 Å². The van der Waals surface area contributed by atoms with Gasteiger partial charge in [-0.25, -0.2) is 0 Å². The molecule has 0 heterocycles. The first-order valence-electron chi connectivity index (χ1n) is 6.42. The molecule has 19 heavy (non-hydrogen) atoms. The Balaban J connectivity index is 2.69. The number of aromatic hydroxyl groups is 1. The van der Waals surface area contributed by atoms with Crippen molar-refractivity contribution in [2.75, 3.05) is 13.6 Å². The predicted molar refractivity (Wildman–Crippen MR) is 69.0 cm³/mol. The minimum absolute atomic E-state index is 0.451. The van der Waals surface area contributed by atoms with Crippen LogP contribution >= 0.6 is 0 Å². The highest BCUT2D eigenvalue weighted by atomic mass is 19.4. The Labute approximate surface area is 111 Å². The van der Waals surface area contributed by atoms with Gasteiger partial charge in [0.25, 0.3) is 0 Å². The highest BCUT2D eigenvalue weighted by Crippen LogP contribution is 2.36. The van der Waals surface area contributed by atoms with Gasteiger partial charge in [0.05, 0.1) is 5.56 Å². The smallest absolute Gasteiger partial charge is 0.419 e. The van der Waals surface area contributed by atoms with Crippen molar-refractivity contribution >= 4 is 0 Å². The van der Waals surface area contributed by atoms with Crippen molar-refractivity contribution in [3.05, 3.63) is 29.3 Å². The maximum absolute atomic E-state index is 12.6. The van der Waals surface area contributed by atoms with E-state index in [4.69, 9.17) is 0 Å². The van der Waals surface area contributed by atoms with E-state index in [9.17, 15) is 18.3 Å². The molecular formula is C14H20F3NO. The molecule has 0 unspecified atom stereocenters. The first kappa shape index (κ1) is 15.8. The fourth-order valence-corrected chi connectivity index (χ4v) is 1.93. The summed E-state index contributed by atoms with van der Waals surface area (Å²) in [4.78, 5) is 1.99. The molecule has 0 aromatic heterocycles. The van der Waals surface area contributed by atoms with E-state index in [1.165, 1.54) is 6.07 Å². The average molecular weight is 275 g/mol. The number of phenolic OH excluding ortho intramolecular Hbond substituents is 1. The van der Waals surface area contributed by atoms with Crippen LogP contribution in [-0.4, -0.2) is 23.6 Å². The van der Waals surface area contributed by atoms with Crippen LogP contribution in [0, 0.1) is 0 Å². The van der Waals surface area contributed by atoms with Crippen LogP contribution in [0.2, 0.25) is 0 Å². The van der Waals surface area contributed by atoms with Crippen molar-refractivity contribution < 1.29 is 18.3 Å². The molecule has 0 radical (unpaired) electrons. The summed E-state index contributed by atoms with van der Waals surface area (Å²) in [5, 5.41) is 9.24. The lowest BCUT2D eigenvalue weighted by Gasteiger charge is -2.18. The summed E-state index contributed by atoms with van der Waals surface area (Å²) in [6.07, 6.45) is -1.24. The van der Waals surface area contributed by atoms with Gasteiger partial charge in [0.2, 0.25) is 0 Å². The van der Waals surface area contributed by atoms with E-state index in [0.717, 1.165) is 37.9 Å². The molecule has 1 N–H and O–H groups in total. The van der Waals surface area contributed by atoms with Crippen LogP contribution in [0.1, 0.15) is 37.3 Å². The molecule has 0 fully saturated rings. The van der Waals surface area contributed by atoms with Gasteiger partial charge in [0.15, 0.2) is 0 Å². The summed E-state index contributed by atoms with van der Waals surface area (Å²) in [5.74, 6) is -0.718. The first-order chi connectivity index (χ1) is 8.84. The minimum atomic E-state index is -4.51. The Bertz CT molecular complexity index is 404. The van der Waals surface area contributed by atoms with Crippen LogP contribution in [0.5, 0.6) is 5.75 Å². The van der Waals surface area contributed by atoms with Gasteiger partial charge in [-0.15, -0.1) is 0 Å². The second-order valence-electron chi connectivity index (χ2n) is 4.79. The topological polar surface area (TPSA) is 23.5 Å². The number of unbranched alkanes of at least 4 members (excludes halogenated alkanes) is 2. The molecule has 0 amide bonds. The fraction of sp³-hybridized carbons (Fsp3) is 0.571. The summed E-state index contributed by atoms with van der Waals surface area (Å²) in [7, 11) is 1.88. The third-order valence-corrected chi connectivity index (χ3v) is 2.96. The van der Waals surface area contributed by atoms with Crippen LogP contribution in [0.4, 0.5) is 13.2 Å². The van der Waals surface area contributed by atoms with Crippen molar-refractivity contribution in [1.29, 1.82) is 0 Å². The van der Waals surface area contributed by atoms with Crippen molar-refractivity contribution in [3.8, 4) is 5.75 Å². The number of hydrogen-bond acceptors (Lipinski definition) is 2. The number of phenols is 1. The molecule has 2 nitrogen and oxygen atoms in total. The molecule has 0 atom stereocenters. The zero-order chi connectivity index (χ0) is 14.5. The molecule has 0 aliphatic carbocycles. The zero-order valence-electron chi connectivity index (χ0n) is 11.3. The summed E-state index contributed by atoms with van der Waals surface area (Å²) in [6.45, 7) is 3.42. The minimum Gasteiger partial charge on any atom is -0.507 e. The molecule has 108 valence electrons. The lowest BCUT2D eigenvalue weighted by molar-refractivity contribution is -0.138. The monoisotopic (exact) mass is 275 g/mol. The van der Waals surface area contributed by atoms with Gasteiger partial charge in [-0.1, -0.05) is 25.8 Å². The first-order valence-corrected chi connectivity index (χ1v) is 6.42. The molecule has 0 spiro atoms. The van der Waals surface area contributed by atoms with E-state index in [1.807, 2.05) is 11.9 Å². The molecule has 1 aromatic rings. The second-order valence-corrected chi connectivity index (χ2v) is 4.79. The van der Waals surface area contributed by atoms with Gasteiger partial charge < -0.3 is 10.0 Å². The molecular weight excluding hydrogens is 255 g/mol. The number of hydrogen-bond donors (Lipinski definition) is 1. The standard InChI is InChI=1S/C14H20F3NO/c1-3-4-5-8-18(2)10-11-6-7-13(19)12(9-11)14(15,16)17/h6-7,9,19H,3-5,8,10H2,1-2H3. The van der Waals surface area contributed by atoms with Crippen LogP contribution in [-0.2, 0) is 12.7 Å². The Hall–Kier alpha value is -1.23. The Morgan fingerprint density at radius 1 is 1.21 bits per heavy atom. The quantitative estimate of drug-likeness (QED) is 0.792. The number of nitrogens with zero attached hydrogens (tertiary/aromatic N) is 1. The van der Waals surface area contributed by atoms with Gasteiger partial charge in [-0.05, 0) is 37.7 Å². The summed E-state index contributed by atoms with van der Waals surface area (Å²) < 4.78 is 37.9. The Morgan fingerprint density at radius 2 is 1.89 bits per heavy atom. The summed E-state index contributed by atoms with van der Waals surface area (Å²) in [6, 6.07) is 3.66. The van der Waals surface area contributed by atoms with Crippen molar-refractivity contribution in [3.63, 3.8) is 0 Å². The van der Waals surface area contributed by atoms with E-state index >= 15 is 0 Å². The van der Waals surface area contributed by atoms with Gasteiger partial charge >= 0.3 is 6.18 Å². The van der Waals surface area contributed by atoms with Crippen molar-refractivity contribution in [2.45, 2.75) is 38.9 Å². The maximum Gasteiger partial charge on any atom is 0.419 e. The van der Waals surface area contributed by atoms with Crippen LogP contribution in [0.15, 0.2) is 18.2 Å². The third-order valence-electron chi connectivity index (χ3n) is 2.96. The Kier molecular flexibility index (Phi) is 5.66. The number of halogens is 3. The summed E-state index contributed by atoms with van der Waals surface area (Å²) >= 11 is 0. The highest BCUT2D eigenvalue weighted by molar-refractivity contribution is 5.38. The van der Waals surface area contributed by atoms with Crippen molar-refractivity contribution in [1.82, 2.24) is 4.90 Å².